The summed E-state index contributed by atoms with van der Waals surface area (Å²) in [5.41, 5.74) is -1.43. The van der Waals surface area contributed by atoms with Gasteiger partial charge in [-0.05, 0) is 19.3 Å². The van der Waals surface area contributed by atoms with Crippen molar-refractivity contribution in [1.82, 2.24) is 5.32 Å². The second-order valence-corrected chi connectivity index (χ2v) is 4.54. The first kappa shape index (κ1) is 14.9. The van der Waals surface area contributed by atoms with Crippen LogP contribution in [0.15, 0.2) is 0 Å². The number of carbonyl (C=O) groups is 1. The summed E-state index contributed by atoms with van der Waals surface area (Å²) in [6.45, 7) is -0.731. The van der Waals surface area contributed by atoms with Crippen LogP contribution in [-0.4, -0.2) is 35.6 Å². The highest BCUT2D eigenvalue weighted by Gasteiger charge is 2.39. The molecule has 1 aliphatic rings. The van der Waals surface area contributed by atoms with E-state index in [9.17, 15) is 18.0 Å². The molecule has 1 saturated heterocycles. The molecule has 0 saturated carbocycles. The lowest BCUT2D eigenvalue weighted by atomic mass is 9.93. The molecule has 1 aliphatic heterocycles. The van der Waals surface area contributed by atoms with Crippen LogP contribution in [0.3, 0.4) is 0 Å². The van der Waals surface area contributed by atoms with Crippen LogP contribution in [0, 0.1) is 11.3 Å². The lowest BCUT2D eigenvalue weighted by molar-refractivity contribution is -0.121. The van der Waals surface area contributed by atoms with E-state index in [-0.39, 0.29) is 18.4 Å². The molecule has 18 heavy (non-hydrogen) atoms. The van der Waals surface area contributed by atoms with Crippen molar-refractivity contribution in [2.24, 2.45) is 5.92 Å². The Labute approximate surface area is 103 Å². The van der Waals surface area contributed by atoms with E-state index in [1.165, 1.54) is 0 Å². The smallest absolute Gasteiger partial charge is 0.396 e. The van der Waals surface area contributed by atoms with E-state index in [0.717, 1.165) is 12.8 Å². The number of hydrogen-bond donors (Lipinski definition) is 3. The molecular formula is C11H17F3N2O2. The van der Waals surface area contributed by atoms with E-state index in [0.29, 0.717) is 12.8 Å². The molecule has 7 heteroatoms. The molecule has 3 N–H and O–H groups in total. The van der Waals surface area contributed by atoms with Gasteiger partial charge in [-0.15, -0.1) is 0 Å². The number of amides is 1. The fraction of sp³-hybridized carbons (Fsp3) is 0.818. The average Bonchev–Trinajstić information content (AvgIpc) is 2.48. The highest BCUT2D eigenvalue weighted by atomic mass is 19.4. The van der Waals surface area contributed by atoms with Crippen molar-refractivity contribution in [3.63, 3.8) is 0 Å². The van der Waals surface area contributed by atoms with Gasteiger partial charge < -0.3 is 15.8 Å². The standard InChI is InChI=1S/C11H17F3N2O2/c12-11(13,14)10(15)7(6-17)5-8-3-1-2-4-9(18)16-8/h7-8,15,17H,1-6H2,(H,16,18). The number of rotatable bonds is 4. The second-order valence-electron chi connectivity index (χ2n) is 4.54. The Morgan fingerprint density at radius 2 is 2.17 bits per heavy atom. The van der Waals surface area contributed by atoms with E-state index in [1.54, 1.807) is 0 Å². The lowest BCUT2D eigenvalue weighted by Crippen LogP contribution is -2.39. The highest BCUT2D eigenvalue weighted by Crippen LogP contribution is 2.25. The SMILES string of the molecule is N=C(C(CO)CC1CCCCC(=O)N1)C(F)(F)F. The quantitative estimate of drug-likeness (QED) is 0.677. The first-order valence-electron chi connectivity index (χ1n) is 5.90. The Morgan fingerprint density at radius 1 is 1.50 bits per heavy atom. The Balaban J connectivity index is 2.62. The van der Waals surface area contributed by atoms with Gasteiger partial charge in [0.05, 0.1) is 6.61 Å². The molecule has 0 spiro atoms. The van der Waals surface area contributed by atoms with Crippen LogP contribution < -0.4 is 5.32 Å². The van der Waals surface area contributed by atoms with Gasteiger partial charge in [0.1, 0.15) is 5.71 Å². The molecule has 0 aromatic rings. The minimum Gasteiger partial charge on any atom is -0.396 e. The zero-order valence-electron chi connectivity index (χ0n) is 9.89. The predicted molar refractivity (Wildman–Crippen MR) is 59.4 cm³/mol. The minimum atomic E-state index is -4.72. The molecule has 2 atom stereocenters. The van der Waals surface area contributed by atoms with Crippen molar-refractivity contribution in [2.45, 2.75) is 44.3 Å². The number of hydrogen-bond acceptors (Lipinski definition) is 3. The maximum Gasteiger partial charge on any atom is 0.429 e. The summed E-state index contributed by atoms with van der Waals surface area (Å²) in [5.74, 6) is -1.44. The molecule has 1 rings (SSSR count). The number of alkyl halides is 3. The van der Waals surface area contributed by atoms with Crippen LogP contribution >= 0.6 is 0 Å². The molecule has 2 unspecified atom stereocenters. The van der Waals surface area contributed by atoms with Crippen molar-refractivity contribution in [3.8, 4) is 0 Å². The van der Waals surface area contributed by atoms with Gasteiger partial charge in [0.2, 0.25) is 5.91 Å². The normalized spacial score (nSPS) is 23.1. The Hall–Kier alpha value is -1.11. The van der Waals surface area contributed by atoms with E-state index in [2.05, 4.69) is 5.32 Å². The zero-order chi connectivity index (χ0) is 13.8. The van der Waals surface area contributed by atoms with Crippen LogP contribution in [-0.2, 0) is 4.79 Å². The first-order chi connectivity index (χ1) is 8.34. The fourth-order valence-electron chi connectivity index (χ4n) is 2.08. The van der Waals surface area contributed by atoms with Crippen LogP contribution in [0.25, 0.3) is 0 Å². The molecule has 1 fully saturated rings. The van der Waals surface area contributed by atoms with Gasteiger partial charge in [0, 0.05) is 18.4 Å². The molecule has 0 radical (unpaired) electrons. The number of aliphatic hydroxyl groups excluding tert-OH is 1. The van der Waals surface area contributed by atoms with Crippen molar-refractivity contribution < 1.29 is 23.1 Å². The van der Waals surface area contributed by atoms with Crippen molar-refractivity contribution >= 4 is 11.6 Å². The Morgan fingerprint density at radius 3 is 2.72 bits per heavy atom. The topological polar surface area (TPSA) is 73.2 Å². The Bertz CT molecular complexity index is 318. The van der Waals surface area contributed by atoms with Gasteiger partial charge in [-0.25, -0.2) is 0 Å². The third-order valence-corrected chi connectivity index (χ3v) is 3.07. The van der Waals surface area contributed by atoms with Crippen molar-refractivity contribution in [3.05, 3.63) is 0 Å². The van der Waals surface area contributed by atoms with E-state index in [4.69, 9.17) is 10.5 Å². The summed E-state index contributed by atoms with van der Waals surface area (Å²) in [4.78, 5) is 11.3. The second kappa shape index (κ2) is 6.17. The minimum absolute atomic E-state index is 0.0411. The number of aliphatic hydroxyl groups is 1. The van der Waals surface area contributed by atoms with Gasteiger partial charge in [0.25, 0.3) is 0 Å². The molecular weight excluding hydrogens is 249 g/mol. The zero-order valence-corrected chi connectivity index (χ0v) is 9.89. The number of halogens is 3. The molecule has 1 heterocycles. The van der Waals surface area contributed by atoms with Gasteiger partial charge in [-0.3, -0.25) is 4.79 Å². The van der Waals surface area contributed by atoms with E-state index >= 15 is 0 Å². The largest absolute Gasteiger partial charge is 0.429 e. The molecule has 0 bridgehead atoms. The van der Waals surface area contributed by atoms with Gasteiger partial charge in [0.15, 0.2) is 0 Å². The molecule has 4 nitrogen and oxygen atoms in total. The summed E-state index contributed by atoms with van der Waals surface area (Å²) in [5, 5.41) is 18.6. The lowest BCUT2D eigenvalue weighted by Gasteiger charge is -2.23. The summed E-state index contributed by atoms with van der Waals surface area (Å²) in [7, 11) is 0. The highest BCUT2D eigenvalue weighted by molar-refractivity contribution is 5.89. The van der Waals surface area contributed by atoms with Crippen molar-refractivity contribution in [1.29, 1.82) is 5.41 Å². The monoisotopic (exact) mass is 266 g/mol. The van der Waals surface area contributed by atoms with Crippen LogP contribution in [0.4, 0.5) is 13.2 Å². The maximum absolute atomic E-state index is 12.4. The van der Waals surface area contributed by atoms with E-state index < -0.39 is 24.4 Å². The summed E-state index contributed by atoms with van der Waals surface area (Å²) in [6.07, 6.45) is -2.29. The van der Waals surface area contributed by atoms with Crippen LogP contribution in [0.5, 0.6) is 0 Å². The fourth-order valence-corrected chi connectivity index (χ4v) is 2.08. The molecule has 0 aliphatic carbocycles. The summed E-state index contributed by atoms with van der Waals surface area (Å²) < 4.78 is 37.1. The summed E-state index contributed by atoms with van der Waals surface area (Å²) >= 11 is 0. The summed E-state index contributed by atoms with van der Waals surface area (Å²) in [6, 6.07) is -0.389. The average molecular weight is 266 g/mol. The molecule has 0 aromatic carbocycles. The predicted octanol–water partition coefficient (Wildman–Crippen LogP) is 1.63. The van der Waals surface area contributed by atoms with Crippen LogP contribution in [0.2, 0.25) is 0 Å². The first-order valence-corrected chi connectivity index (χ1v) is 5.90. The molecule has 0 aromatic heterocycles. The Kier molecular flexibility index (Phi) is 5.13. The number of carbonyl (C=O) groups excluding carboxylic acids is 1. The van der Waals surface area contributed by atoms with Gasteiger partial charge in [-0.1, -0.05) is 6.42 Å². The number of nitrogens with one attached hydrogen (secondary N) is 2. The molecule has 1 amide bonds. The van der Waals surface area contributed by atoms with E-state index in [1.807, 2.05) is 0 Å². The van der Waals surface area contributed by atoms with Gasteiger partial charge in [-0.2, -0.15) is 13.2 Å². The third-order valence-electron chi connectivity index (χ3n) is 3.07. The third kappa shape index (κ3) is 4.29. The van der Waals surface area contributed by atoms with Gasteiger partial charge >= 0.3 is 6.18 Å². The van der Waals surface area contributed by atoms with Crippen LogP contribution in [0.1, 0.15) is 32.1 Å². The maximum atomic E-state index is 12.4. The molecule has 104 valence electrons. The van der Waals surface area contributed by atoms with Crippen molar-refractivity contribution in [2.75, 3.05) is 6.61 Å².